The van der Waals surface area contributed by atoms with Crippen LogP contribution in [-0.4, -0.2) is 20.0 Å². The lowest BCUT2D eigenvalue weighted by molar-refractivity contribution is -0.109. The Balaban J connectivity index is 2.49. The summed E-state index contributed by atoms with van der Waals surface area (Å²) in [6.45, 7) is 7.26. The number of allylic oxidation sites excluding steroid dienone is 3. The zero-order chi connectivity index (χ0) is 16.1. The number of hydrogen-bond donors (Lipinski definition) is 2. The van der Waals surface area contributed by atoms with Gasteiger partial charge in [0.1, 0.15) is 0 Å². The van der Waals surface area contributed by atoms with Crippen molar-refractivity contribution in [1.82, 2.24) is 5.32 Å². The summed E-state index contributed by atoms with van der Waals surface area (Å²) < 4.78 is 0. The van der Waals surface area contributed by atoms with Crippen molar-refractivity contribution in [3.05, 3.63) is 46.5 Å². The van der Waals surface area contributed by atoms with Crippen molar-refractivity contribution in [2.45, 2.75) is 33.6 Å². The van der Waals surface area contributed by atoms with E-state index in [0.717, 1.165) is 24.9 Å². The molecule has 22 heavy (non-hydrogen) atoms. The summed E-state index contributed by atoms with van der Waals surface area (Å²) in [6.07, 6.45) is 7.24. The second kappa shape index (κ2) is 7.30. The molecule has 1 aromatic rings. The highest BCUT2D eigenvalue weighted by Crippen LogP contribution is 2.37. The van der Waals surface area contributed by atoms with Gasteiger partial charge in [0.15, 0.2) is 0 Å². The van der Waals surface area contributed by atoms with Gasteiger partial charge in [0.2, 0.25) is 6.41 Å². The number of carbonyl (C=O) groups is 1. The minimum Gasteiger partial charge on any atom is -0.388 e. The van der Waals surface area contributed by atoms with Gasteiger partial charge in [-0.3, -0.25) is 4.79 Å². The summed E-state index contributed by atoms with van der Waals surface area (Å²) in [6, 6.07) is 4.48. The third kappa shape index (κ3) is 3.41. The van der Waals surface area contributed by atoms with Crippen molar-refractivity contribution >= 4 is 17.7 Å². The maximum atomic E-state index is 10.5. The number of nitrogens with one attached hydrogen (secondary N) is 2. The number of aryl methyl sites for hydroxylation is 2. The lowest BCUT2D eigenvalue weighted by Crippen LogP contribution is -2.16. The number of anilines is 1. The number of carbonyl (C=O) groups excluding carboxylic acids is 1. The predicted octanol–water partition coefficient (Wildman–Crippen LogP) is 3.83. The Hall–Kier alpha value is -2.03. The van der Waals surface area contributed by atoms with Crippen molar-refractivity contribution in [2.75, 3.05) is 18.9 Å². The SMILES string of the molecule is CNc1cc(C)c(C)cc1C1=C(CCNC=O)C(C)CC=C1. The molecule has 1 atom stereocenters. The molecule has 0 bridgehead atoms. The minimum absolute atomic E-state index is 0.514. The first kappa shape index (κ1) is 16.3. The zero-order valence-corrected chi connectivity index (χ0v) is 14.0. The summed E-state index contributed by atoms with van der Waals surface area (Å²) in [5.74, 6) is 0.514. The van der Waals surface area contributed by atoms with Gasteiger partial charge in [0, 0.05) is 24.8 Å². The molecule has 0 spiro atoms. The second-order valence-electron chi connectivity index (χ2n) is 6.03. The molecule has 2 N–H and O–H groups in total. The molecule has 0 fully saturated rings. The molecule has 1 aliphatic rings. The predicted molar refractivity (Wildman–Crippen MR) is 94.0 cm³/mol. The number of benzene rings is 1. The van der Waals surface area contributed by atoms with Crippen LogP contribution in [0.3, 0.4) is 0 Å². The van der Waals surface area contributed by atoms with Crippen LogP contribution in [0.15, 0.2) is 29.9 Å². The Labute approximate surface area is 133 Å². The van der Waals surface area contributed by atoms with E-state index in [1.54, 1.807) is 0 Å². The average molecular weight is 298 g/mol. The Morgan fingerprint density at radius 2 is 2.00 bits per heavy atom. The number of amides is 1. The van der Waals surface area contributed by atoms with E-state index in [9.17, 15) is 4.79 Å². The number of rotatable bonds is 6. The van der Waals surface area contributed by atoms with Crippen molar-refractivity contribution in [2.24, 2.45) is 5.92 Å². The van der Waals surface area contributed by atoms with Crippen LogP contribution in [0.2, 0.25) is 0 Å². The van der Waals surface area contributed by atoms with Gasteiger partial charge in [-0.05, 0) is 61.4 Å². The standard InChI is InChI=1S/C19H26N2O/c1-13-6-5-7-17(16(13)8-9-21-12-22)18-10-14(2)15(3)11-19(18)20-4/h5,7,10-13,20H,6,8-9H2,1-4H3,(H,21,22). The Morgan fingerprint density at radius 1 is 1.27 bits per heavy atom. The van der Waals surface area contributed by atoms with E-state index in [1.807, 2.05) is 7.05 Å². The zero-order valence-electron chi connectivity index (χ0n) is 14.0. The Kier molecular flexibility index (Phi) is 5.42. The van der Waals surface area contributed by atoms with Crippen LogP contribution in [0.1, 0.15) is 36.5 Å². The molecule has 0 saturated heterocycles. The highest BCUT2D eigenvalue weighted by atomic mass is 16.1. The van der Waals surface area contributed by atoms with E-state index in [4.69, 9.17) is 0 Å². The van der Waals surface area contributed by atoms with Gasteiger partial charge in [-0.2, -0.15) is 0 Å². The fraction of sp³-hybridized carbons (Fsp3) is 0.421. The van der Waals surface area contributed by atoms with Gasteiger partial charge in [-0.1, -0.05) is 24.6 Å². The van der Waals surface area contributed by atoms with E-state index in [1.165, 1.54) is 27.8 Å². The average Bonchev–Trinajstić information content (AvgIpc) is 2.51. The van der Waals surface area contributed by atoms with E-state index < -0.39 is 0 Å². The maximum absolute atomic E-state index is 10.5. The molecule has 0 aromatic heterocycles. The lowest BCUT2D eigenvalue weighted by Gasteiger charge is -2.24. The van der Waals surface area contributed by atoms with Crippen molar-refractivity contribution in [3.8, 4) is 0 Å². The van der Waals surface area contributed by atoms with Gasteiger partial charge < -0.3 is 10.6 Å². The molecule has 1 unspecified atom stereocenters. The van der Waals surface area contributed by atoms with Crippen molar-refractivity contribution in [1.29, 1.82) is 0 Å². The summed E-state index contributed by atoms with van der Waals surface area (Å²) in [4.78, 5) is 10.5. The summed E-state index contributed by atoms with van der Waals surface area (Å²) in [7, 11) is 1.97. The van der Waals surface area contributed by atoms with E-state index >= 15 is 0 Å². The third-order valence-corrected chi connectivity index (χ3v) is 4.53. The van der Waals surface area contributed by atoms with Crippen LogP contribution in [0.5, 0.6) is 0 Å². The van der Waals surface area contributed by atoms with E-state index in [2.05, 4.69) is 55.7 Å². The molecule has 0 saturated carbocycles. The minimum atomic E-state index is 0.514. The summed E-state index contributed by atoms with van der Waals surface area (Å²) >= 11 is 0. The van der Waals surface area contributed by atoms with Gasteiger partial charge >= 0.3 is 0 Å². The highest BCUT2D eigenvalue weighted by molar-refractivity contribution is 5.85. The van der Waals surface area contributed by atoms with Gasteiger partial charge in [-0.25, -0.2) is 0 Å². The number of hydrogen-bond acceptors (Lipinski definition) is 2. The van der Waals surface area contributed by atoms with Crippen LogP contribution in [0, 0.1) is 19.8 Å². The lowest BCUT2D eigenvalue weighted by atomic mass is 9.82. The third-order valence-electron chi connectivity index (χ3n) is 4.53. The van der Waals surface area contributed by atoms with E-state index in [0.29, 0.717) is 12.5 Å². The summed E-state index contributed by atoms with van der Waals surface area (Å²) in [5, 5.41) is 6.11. The second-order valence-corrected chi connectivity index (χ2v) is 6.03. The molecule has 1 aliphatic carbocycles. The normalized spacial score (nSPS) is 17.5. The first-order chi connectivity index (χ1) is 10.6. The fourth-order valence-electron chi connectivity index (χ4n) is 3.06. The molecular formula is C19H26N2O. The monoisotopic (exact) mass is 298 g/mol. The van der Waals surface area contributed by atoms with Crippen LogP contribution >= 0.6 is 0 Å². The molecule has 118 valence electrons. The quantitative estimate of drug-likeness (QED) is 0.619. The molecule has 3 nitrogen and oxygen atoms in total. The van der Waals surface area contributed by atoms with Gasteiger partial charge in [0.05, 0.1) is 0 Å². The molecule has 1 amide bonds. The Bertz CT molecular complexity index is 614. The largest absolute Gasteiger partial charge is 0.388 e. The van der Waals surface area contributed by atoms with Crippen molar-refractivity contribution in [3.63, 3.8) is 0 Å². The van der Waals surface area contributed by atoms with E-state index in [-0.39, 0.29) is 0 Å². The fourth-order valence-corrected chi connectivity index (χ4v) is 3.06. The van der Waals surface area contributed by atoms with Crippen molar-refractivity contribution < 1.29 is 4.79 Å². The molecule has 0 aliphatic heterocycles. The highest BCUT2D eigenvalue weighted by Gasteiger charge is 2.19. The van der Waals surface area contributed by atoms with Crippen LogP contribution < -0.4 is 10.6 Å². The van der Waals surface area contributed by atoms with Crippen LogP contribution in [0.25, 0.3) is 5.57 Å². The Morgan fingerprint density at radius 3 is 2.68 bits per heavy atom. The topological polar surface area (TPSA) is 41.1 Å². The molecule has 0 radical (unpaired) electrons. The van der Waals surface area contributed by atoms with Gasteiger partial charge in [-0.15, -0.1) is 0 Å². The molecule has 3 heteroatoms. The summed E-state index contributed by atoms with van der Waals surface area (Å²) in [5.41, 5.74) is 7.76. The van der Waals surface area contributed by atoms with Crippen LogP contribution in [0.4, 0.5) is 5.69 Å². The van der Waals surface area contributed by atoms with Gasteiger partial charge in [0.25, 0.3) is 0 Å². The molecular weight excluding hydrogens is 272 g/mol. The smallest absolute Gasteiger partial charge is 0.207 e. The molecule has 2 rings (SSSR count). The van der Waals surface area contributed by atoms with Crippen LogP contribution in [-0.2, 0) is 4.79 Å². The first-order valence-corrected chi connectivity index (χ1v) is 7.94. The maximum Gasteiger partial charge on any atom is 0.207 e. The first-order valence-electron chi connectivity index (χ1n) is 7.94. The molecule has 1 aromatic carbocycles. The molecule has 0 heterocycles.